The van der Waals surface area contributed by atoms with Gasteiger partial charge in [0.05, 0.1) is 6.10 Å². The predicted molar refractivity (Wildman–Crippen MR) is 71.1 cm³/mol. The minimum atomic E-state index is -0.150. The molecular formula is C15H24O2. The van der Waals surface area contributed by atoms with Crippen molar-refractivity contribution in [1.29, 1.82) is 0 Å². The van der Waals surface area contributed by atoms with Gasteiger partial charge in [-0.15, -0.1) is 0 Å². The zero-order valence-electron chi connectivity index (χ0n) is 10.8. The predicted octanol–water partition coefficient (Wildman–Crippen LogP) is 3.19. The first kappa shape index (κ1) is 14.2. The molecule has 0 saturated heterocycles. The summed E-state index contributed by atoms with van der Waals surface area (Å²) in [6, 6.07) is 10.5. The number of hydrogen-bond donors (Lipinski definition) is 1. The Labute approximate surface area is 105 Å². The molecule has 17 heavy (non-hydrogen) atoms. The second kappa shape index (κ2) is 9.20. The van der Waals surface area contributed by atoms with Crippen molar-refractivity contribution in [3.63, 3.8) is 0 Å². The van der Waals surface area contributed by atoms with Crippen molar-refractivity contribution in [3.05, 3.63) is 35.9 Å². The van der Waals surface area contributed by atoms with Crippen LogP contribution in [-0.4, -0.2) is 24.4 Å². The largest absolute Gasteiger partial charge is 0.393 e. The summed E-state index contributed by atoms with van der Waals surface area (Å²) in [6.45, 7) is 3.59. The molecule has 1 aromatic carbocycles. The summed E-state index contributed by atoms with van der Waals surface area (Å²) in [7, 11) is 0. The van der Waals surface area contributed by atoms with E-state index in [1.807, 2.05) is 13.0 Å². The maximum absolute atomic E-state index is 9.35. The van der Waals surface area contributed by atoms with Gasteiger partial charge in [-0.1, -0.05) is 37.3 Å². The number of aliphatic hydroxyl groups excluding tert-OH is 1. The van der Waals surface area contributed by atoms with E-state index in [-0.39, 0.29) is 6.10 Å². The molecular weight excluding hydrogens is 212 g/mol. The third-order valence-corrected chi connectivity index (χ3v) is 2.89. The Morgan fingerprint density at radius 2 is 1.82 bits per heavy atom. The second-order valence-corrected chi connectivity index (χ2v) is 4.41. The smallest absolute Gasteiger partial charge is 0.0538 e. The van der Waals surface area contributed by atoms with Gasteiger partial charge >= 0.3 is 0 Å². The normalized spacial score (nSPS) is 12.6. The quantitative estimate of drug-likeness (QED) is 0.667. The van der Waals surface area contributed by atoms with Gasteiger partial charge in [-0.25, -0.2) is 0 Å². The van der Waals surface area contributed by atoms with E-state index in [9.17, 15) is 5.11 Å². The summed E-state index contributed by atoms with van der Waals surface area (Å²) in [5.41, 5.74) is 1.37. The van der Waals surface area contributed by atoms with E-state index in [2.05, 4.69) is 24.3 Å². The Hall–Kier alpha value is -0.860. The van der Waals surface area contributed by atoms with Gasteiger partial charge in [0.1, 0.15) is 0 Å². The molecule has 0 radical (unpaired) electrons. The van der Waals surface area contributed by atoms with E-state index in [0.717, 1.165) is 45.3 Å². The van der Waals surface area contributed by atoms with Gasteiger partial charge in [0.2, 0.25) is 0 Å². The van der Waals surface area contributed by atoms with Gasteiger partial charge in [-0.2, -0.15) is 0 Å². The van der Waals surface area contributed by atoms with E-state index in [0.29, 0.717) is 0 Å². The van der Waals surface area contributed by atoms with Gasteiger partial charge < -0.3 is 9.84 Å². The minimum Gasteiger partial charge on any atom is -0.393 e. The zero-order chi connectivity index (χ0) is 12.3. The molecule has 2 heteroatoms. The Morgan fingerprint density at radius 1 is 1.12 bits per heavy atom. The molecule has 1 atom stereocenters. The van der Waals surface area contributed by atoms with E-state index in [1.54, 1.807) is 0 Å². The van der Waals surface area contributed by atoms with Crippen molar-refractivity contribution in [2.45, 2.75) is 45.1 Å². The SMILES string of the molecule is CCC(O)CCCOCCCc1ccccc1. The fraction of sp³-hybridized carbons (Fsp3) is 0.600. The fourth-order valence-electron chi connectivity index (χ4n) is 1.75. The fourth-order valence-corrected chi connectivity index (χ4v) is 1.75. The van der Waals surface area contributed by atoms with Crippen molar-refractivity contribution in [2.24, 2.45) is 0 Å². The molecule has 0 aromatic heterocycles. The highest BCUT2D eigenvalue weighted by atomic mass is 16.5. The van der Waals surface area contributed by atoms with Gasteiger partial charge in [-0.3, -0.25) is 0 Å². The van der Waals surface area contributed by atoms with Gasteiger partial charge in [0.15, 0.2) is 0 Å². The summed E-state index contributed by atoms with van der Waals surface area (Å²) in [4.78, 5) is 0. The standard InChI is InChI=1S/C15H24O2/c1-2-15(16)11-7-13-17-12-6-10-14-8-4-3-5-9-14/h3-5,8-9,15-16H,2,6-7,10-13H2,1H3. The van der Waals surface area contributed by atoms with Gasteiger partial charge in [0, 0.05) is 13.2 Å². The third-order valence-electron chi connectivity index (χ3n) is 2.89. The molecule has 0 heterocycles. The van der Waals surface area contributed by atoms with Crippen LogP contribution in [0.4, 0.5) is 0 Å². The zero-order valence-corrected chi connectivity index (χ0v) is 10.8. The lowest BCUT2D eigenvalue weighted by Crippen LogP contribution is -2.06. The van der Waals surface area contributed by atoms with Crippen molar-refractivity contribution in [2.75, 3.05) is 13.2 Å². The van der Waals surface area contributed by atoms with Crippen LogP contribution in [0.25, 0.3) is 0 Å². The monoisotopic (exact) mass is 236 g/mol. The molecule has 96 valence electrons. The van der Waals surface area contributed by atoms with Crippen molar-refractivity contribution < 1.29 is 9.84 Å². The Kier molecular flexibility index (Phi) is 7.69. The van der Waals surface area contributed by atoms with Crippen LogP contribution >= 0.6 is 0 Å². The number of aliphatic hydroxyl groups is 1. The molecule has 1 aromatic rings. The van der Waals surface area contributed by atoms with E-state index >= 15 is 0 Å². The summed E-state index contributed by atoms with van der Waals surface area (Å²) in [5.74, 6) is 0. The highest BCUT2D eigenvalue weighted by molar-refractivity contribution is 5.14. The summed E-state index contributed by atoms with van der Waals surface area (Å²) >= 11 is 0. The van der Waals surface area contributed by atoms with Crippen LogP contribution in [-0.2, 0) is 11.2 Å². The molecule has 1 N–H and O–H groups in total. The van der Waals surface area contributed by atoms with E-state index in [1.165, 1.54) is 5.56 Å². The van der Waals surface area contributed by atoms with E-state index in [4.69, 9.17) is 4.74 Å². The Morgan fingerprint density at radius 3 is 2.53 bits per heavy atom. The van der Waals surface area contributed by atoms with Gasteiger partial charge in [0.25, 0.3) is 0 Å². The van der Waals surface area contributed by atoms with Crippen LogP contribution < -0.4 is 0 Å². The Bertz CT molecular complexity index is 272. The molecule has 0 aliphatic carbocycles. The first-order valence-electron chi connectivity index (χ1n) is 6.62. The summed E-state index contributed by atoms with van der Waals surface area (Å²) < 4.78 is 5.54. The maximum Gasteiger partial charge on any atom is 0.0538 e. The van der Waals surface area contributed by atoms with Crippen LogP contribution in [0, 0.1) is 0 Å². The molecule has 1 rings (SSSR count). The van der Waals surface area contributed by atoms with Crippen LogP contribution in [0.1, 0.15) is 38.2 Å². The highest BCUT2D eigenvalue weighted by Crippen LogP contribution is 2.04. The van der Waals surface area contributed by atoms with Crippen molar-refractivity contribution in [3.8, 4) is 0 Å². The van der Waals surface area contributed by atoms with Crippen LogP contribution in [0.5, 0.6) is 0 Å². The highest BCUT2D eigenvalue weighted by Gasteiger charge is 1.99. The van der Waals surface area contributed by atoms with Crippen molar-refractivity contribution in [1.82, 2.24) is 0 Å². The van der Waals surface area contributed by atoms with E-state index < -0.39 is 0 Å². The molecule has 0 amide bonds. The molecule has 0 aliphatic heterocycles. The molecule has 0 bridgehead atoms. The number of aryl methyl sites for hydroxylation is 1. The molecule has 0 fully saturated rings. The Balaban J connectivity index is 1.91. The lowest BCUT2D eigenvalue weighted by Gasteiger charge is -2.07. The van der Waals surface area contributed by atoms with Crippen LogP contribution in [0.3, 0.4) is 0 Å². The average Bonchev–Trinajstić information content (AvgIpc) is 2.38. The first-order valence-corrected chi connectivity index (χ1v) is 6.62. The maximum atomic E-state index is 9.35. The molecule has 0 aliphatic rings. The number of hydrogen-bond acceptors (Lipinski definition) is 2. The van der Waals surface area contributed by atoms with Crippen LogP contribution in [0.2, 0.25) is 0 Å². The lowest BCUT2D eigenvalue weighted by molar-refractivity contribution is 0.104. The number of benzene rings is 1. The molecule has 2 nitrogen and oxygen atoms in total. The molecule has 0 spiro atoms. The molecule has 0 saturated carbocycles. The summed E-state index contributed by atoms with van der Waals surface area (Å²) in [5, 5.41) is 9.35. The van der Waals surface area contributed by atoms with Gasteiger partial charge in [-0.05, 0) is 37.7 Å². The lowest BCUT2D eigenvalue weighted by atomic mass is 10.1. The summed E-state index contributed by atoms with van der Waals surface area (Å²) in [6.07, 6.45) is 4.66. The average molecular weight is 236 g/mol. The van der Waals surface area contributed by atoms with Crippen molar-refractivity contribution >= 4 is 0 Å². The second-order valence-electron chi connectivity index (χ2n) is 4.41. The first-order chi connectivity index (χ1) is 8.33. The minimum absolute atomic E-state index is 0.150. The third kappa shape index (κ3) is 7.14. The molecule has 1 unspecified atom stereocenters. The topological polar surface area (TPSA) is 29.5 Å². The van der Waals surface area contributed by atoms with Crippen LogP contribution in [0.15, 0.2) is 30.3 Å². The number of ether oxygens (including phenoxy) is 1. The number of rotatable bonds is 9.